The van der Waals surface area contributed by atoms with Crippen molar-refractivity contribution in [3.63, 3.8) is 0 Å². The molecule has 2 atom stereocenters. The molecule has 0 radical (unpaired) electrons. The van der Waals surface area contributed by atoms with Crippen LogP contribution in [0.25, 0.3) is 0 Å². The van der Waals surface area contributed by atoms with Gasteiger partial charge >= 0.3 is 6.09 Å². The van der Waals surface area contributed by atoms with E-state index in [9.17, 15) is 14.0 Å². The van der Waals surface area contributed by atoms with E-state index < -0.39 is 12.1 Å². The molecule has 0 aromatic carbocycles. The molecule has 5 nitrogen and oxygen atoms in total. The minimum atomic E-state index is -0.664. The van der Waals surface area contributed by atoms with Crippen molar-refractivity contribution in [1.29, 1.82) is 0 Å². The molecule has 1 amide bonds. The van der Waals surface area contributed by atoms with Crippen LogP contribution in [0.15, 0.2) is 0 Å². The van der Waals surface area contributed by atoms with E-state index in [1.54, 1.807) is 6.92 Å². The molecule has 84 valence electrons. The van der Waals surface area contributed by atoms with Gasteiger partial charge < -0.3 is 19.6 Å². The van der Waals surface area contributed by atoms with Crippen LogP contribution in [-0.4, -0.2) is 45.9 Å². The van der Waals surface area contributed by atoms with Crippen LogP contribution >= 0.6 is 0 Å². The molecule has 0 aliphatic heterocycles. The maximum absolute atomic E-state index is 10.7. The third-order valence-corrected chi connectivity index (χ3v) is 1.49. The Morgan fingerprint density at radius 2 is 1.93 bits per heavy atom. The molecule has 1 N–H and O–H groups in total. The van der Waals surface area contributed by atoms with Crippen molar-refractivity contribution in [3.05, 3.63) is 0 Å². The second-order valence-corrected chi connectivity index (χ2v) is 2.24. The zero-order valence-electron chi connectivity index (χ0n) is 8.74. The molecule has 14 heavy (non-hydrogen) atoms. The molecule has 0 aliphatic carbocycles. The van der Waals surface area contributed by atoms with Gasteiger partial charge in [-0.2, -0.15) is 0 Å². The van der Waals surface area contributed by atoms with E-state index in [4.69, 9.17) is 4.74 Å². The Hall–Kier alpha value is -1.17. The summed E-state index contributed by atoms with van der Waals surface area (Å²) in [6.45, 7) is 1.68. The Morgan fingerprint density at radius 1 is 1.43 bits per heavy atom. The summed E-state index contributed by atoms with van der Waals surface area (Å²) in [6.07, 6.45) is -0.400. The van der Waals surface area contributed by atoms with Crippen LogP contribution in [0.5, 0.6) is 0 Å². The van der Waals surface area contributed by atoms with E-state index in [1.807, 2.05) is 0 Å². The number of hydrogen-bond donors (Lipinski definition) is 1. The molecular formula is C8H16FNO4. The number of carbonyl (C=O) groups excluding carboxylic acids is 2. The molecule has 0 heterocycles. The van der Waals surface area contributed by atoms with Gasteiger partial charge in [0.1, 0.15) is 12.3 Å². The molecule has 0 aromatic rings. The number of ether oxygens (including phenoxy) is 2. The highest BCUT2D eigenvalue weighted by atomic mass is 19.1. The normalized spacial score (nSPS) is 12.9. The summed E-state index contributed by atoms with van der Waals surface area (Å²) in [4.78, 5) is 21.1. The lowest BCUT2D eigenvalue weighted by Crippen LogP contribution is -2.43. The number of halogens is 1. The second kappa shape index (κ2) is 9.91. The van der Waals surface area contributed by atoms with Crippen molar-refractivity contribution in [3.8, 4) is 0 Å². The summed E-state index contributed by atoms with van der Waals surface area (Å²) < 4.78 is 18.7. The number of hydrogen-bond acceptors (Lipinski definition) is 4. The van der Waals surface area contributed by atoms with Gasteiger partial charge in [-0.05, 0) is 6.92 Å². The highest BCUT2D eigenvalue weighted by Crippen LogP contribution is 1.94. The van der Waals surface area contributed by atoms with Crippen molar-refractivity contribution in [2.75, 3.05) is 21.4 Å². The quantitative estimate of drug-likeness (QED) is 0.686. The van der Waals surface area contributed by atoms with E-state index in [1.165, 1.54) is 14.2 Å². The monoisotopic (exact) mass is 209 g/mol. The average molecular weight is 209 g/mol. The lowest BCUT2D eigenvalue weighted by molar-refractivity contribution is -0.112. The lowest BCUT2D eigenvalue weighted by Gasteiger charge is -2.17. The highest BCUT2D eigenvalue weighted by Gasteiger charge is 2.18. The number of carbonyl (C=O) groups is 2. The summed E-state index contributed by atoms with van der Waals surface area (Å²) in [5, 5.41) is 2.31. The van der Waals surface area contributed by atoms with Crippen LogP contribution in [0, 0.1) is 0 Å². The third-order valence-electron chi connectivity index (χ3n) is 1.49. The SMILES string of the molecule is CF.COC(=O)NC(C=O)[C@@H](C)OC. The molecule has 0 aromatic heterocycles. The Balaban J connectivity index is 0. The van der Waals surface area contributed by atoms with E-state index in [0.29, 0.717) is 13.5 Å². The van der Waals surface area contributed by atoms with Crippen LogP contribution in [0.1, 0.15) is 6.92 Å². The largest absolute Gasteiger partial charge is 0.453 e. The minimum Gasteiger partial charge on any atom is -0.453 e. The van der Waals surface area contributed by atoms with Crippen LogP contribution in [0.2, 0.25) is 0 Å². The molecule has 0 rings (SSSR count). The van der Waals surface area contributed by atoms with Crippen molar-refractivity contribution >= 4 is 12.4 Å². The van der Waals surface area contributed by atoms with Crippen LogP contribution < -0.4 is 5.32 Å². The summed E-state index contributed by atoms with van der Waals surface area (Å²) in [5.74, 6) is 0. The van der Waals surface area contributed by atoms with E-state index >= 15 is 0 Å². The zero-order chi connectivity index (χ0) is 11.6. The van der Waals surface area contributed by atoms with Crippen LogP contribution in [-0.2, 0) is 14.3 Å². The van der Waals surface area contributed by atoms with Gasteiger partial charge in [-0.15, -0.1) is 0 Å². The number of methoxy groups -OCH3 is 2. The fraction of sp³-hybridized carbons (Fsp3) is 0.750. The number of amides is 1. The first-order valence-electron chi connectivity index (χ1n) is 3.86. The number of nitrogens with one attached hydrogen (secondary N) is 1. The molecule has 0 saturated carbocycles. The van der Waals surface area contributed by atoms with Gasteiger partial charge in [-0.25, -0.2) is 4.79 Å². The Kier molecular flexibility index (Phi) is 10.8. The van der Waals surface area contributed by atoms with Gasteiger partial charge in [0, 0.05) is 7.11 Å². The van der Waals surface area contributed by atoms with Gasteiger partial charge in [-0.3, -0.25) is 4.39 Å². The molecule has 0 fully saturated rings. The van der Waals surface area contributed by atoms with Gasteiger partial charge in [0.05, 0.1) is 20.4 Å². The van der Waals surface area contributed by atoms with Crippen LogP contribution in [0.3, 0.4) is 0 Å². The summed E-state index contributed by atoms with van der Waals surface area (Å²) in [6, 6.07) is -0.664. The number of rotatable bonds is 4. The fourth-order valence-electron chi connectivity index (χ4n) is 0.604. The number of alkyl carbamates (subject to hydrolysis) is 1. The first-order valence-corrected chi connectivity index (χ1v) is 3.86. The highest BCUT2D eigenvalue weighted by molar-refractivity contribution is 5.73. The fourth-order valence-corrected chi connectivity index (χ4v) is 0.604. The minimum absolute atomic E-state index is 0.360. The summed E-state index contributed by atoms with van der Waals surface area (Å²) in [7, 11) is 3.19. The average Bonchev–Trinajstić information content (AvgIpc) is 2.27. The molecule has 0 spiro atoms. The Bertz CT molecular complexity index is 165. The maximum Gasteiger partial charge on any atom is 0.407 e. The van der Waals surface area contributed by atoms with E-state index in [0.717, 1.165) is 0 Å². The smallest absolute Gasteiger partial charge is 0.407 e. The van der Waals surface area contributed by atoms with E-state index in [-0.39, 0.29) is 6.10 Å². The van der Waals surface area contributed by atoms with Crippen molar-refractivity contribution in [2.45, 2.75) is 19.1 Å². The van der Waals surface area contributed by atoms with E-state index in [2.05, 4.69) is 10.1 Å². The third kappa shape index (κ3) is 6.36. The van der Waals surface area contributed by atoms with Gasteiger partial charge in [0.25, 0.3) is 0 Å². The van der Waals surface area contributed by atoms with Crippen molar-refractivity contribution in [1.82, 2.24) is 5.32 Å². The second-order valence-electron chi connectivity index (χ2n) is 2.24. The number of alkyl halides is 1. The van der Waals surface area contributed by atoms with Gasteiger partial charge in [0.15, 0.2) is 0 Å². The molecule has 6 heteroatoms. The predicted molar refractivity (Wildman–Crippen MR) is 48.9 cm³/mol. The lowest BCUT2D eigenvalue weighted by atomic mass is 10.2. The Labute approximate surface area is 82.6 Å². The van der Waals surface area contributed by atoms with Crippen LogP contribution in [0.4, 0.5) is 9.18 Å². The van der Waals surface area contributed by atoms with Gasteiger partial charge in [-0.1, -0.05) is 0 Å². The van der Waals surface area contributed by atoms with Gasteiger partial charge in [0.2, 0.25) is 0 Å². The van der Waals surface area contributed by atoms with Crippen molar-refractivity contribution < 1.29 is 23.5 Å². The van der Waals surface area contributed by atoms with Crippen molar-refractivity contribution in [2.24, 2.45) is 0 Å². The maximum atomic E-state index is 10.7. The molecule has 0 bridgehead atoms. The molecule has 1 unspecified atom stereocenters. The topological polar surface area (TPSA) is 64.6 Å². The standard InChI is InChI=1S/C7H13NO4.CH3F/c1-5(11-2)6(4-9)8-7(10)12-3;1-2/h4-6H,1-3H3,(H,8,10);1H3/t5-,6?;/m1./s1. The number of aldehydes is 1. The predicted octanol–water partition coefficient (Wildman–Crippen LogP) is 0.530. The molecule has 0 saturated heterocycles. The first kappa shape index (κ1) is 15.3. The summed E-state index contributed by atoms with van der Waals surface area (Å²) >= 11 is 0. The summed E-state index contributed by atoms with van der Waals surface area (Å²) in [5.41, 5.74) is 0. The zero-order valence-corrected chi connectivity index (χ0v) is 8.74. The Morgan fingerprint density at radius 3 is 2.21 bits per heavy atom. The first-order chi connectivity index (χ1) is 6.65. The molecular weight excluding hydrogens is 193 g/mol. The molecule has 0 aliphatic rings.